The number of carbonyl (C=O) groups is 1. The number of amides is 1. The van der Waals surface area contributed by atoms with Gasteiger partial charge < -0.3 is 15.4 Å². The number of halogens is 5. The number of anilines is 1. The fraction of sp³-hybridized carbons (Fsp3) is 0.292. The number of morpholine rings is 1. The van der Waals surface area contributed by atoms with E-state index in [1.54, 1.807) is 11.3 Å². The number of imidazole rings is 1. The molecule has 3 atom stereocenters. The molecule has 1 aliphatic heterocycles. The molecule has 4 aromatic rings. The zero-order valence-electron chi connectivity index (χ0n) is 18.7. The van der Waals surface area contributed by atoms with Crippen LogP contribution in [0.1, 0.15) is 40.0 Å². The van der Waals surface area contributed by atoms with E-state index in [9.17, 15) is 22.4 Å². The summed E-state index contributed by atoms with van der Waals surface area (Å²) in [6.45, 7) is 1.75. The van der Waals surface area contributed by atoms with Gasteiger partial charge in [0.2, 0.25) is 0 Å². The highest BCUT2D eigenvalue weighted by molar-refractivity contribution is 5.99. The van der Waals surface area contributed by atoms with Gasteiger partial charge in [0.05, 0.1) is 52.9 Å². The number of benzene rings is 2. The lowest BCUT2D eigenvalue weighted by Gasteiger charge is -2.41. The Balaban J connectivity index is 1.46. The number of hydrogen-bond donors (Lipinski definition) is 1. The minimum Gasteiger partial charge on any atom is -0.382 e. The van der Waals surface area contributed by atoms with Crippen LogP contribution in [0.5, 0.6) is 0 Å². The minimum absolute atomic E-state index is 0.0417. The van der Waals surface area contributed by atoms with Gasteiger partial charge in [0, 0.05) is 19.0 Å². The van der Waals surface area contributed by atoms with E-state index in [0.717, 1.165) is 18.2 Å². The topological polar surface area (TPSA) is 85.8 Å². The lowest BCUT2D eigenvalue weighted by atomic mass is 10.00. The molecule has 2 aliphatic rings. The van der Waals surface area contributed by atoms with E-state index in [1.807, 2.05) is 0 Å². The number of carbonyl (C=O) groups excluding carboxylic acids is 1. The maximum Gasteiger partial charge on any atom is 0.419 e. The predicted molar refractivity (Wildman–Crippen MR) is 118 cm³/mol. The lowest BCUT2D eigenvalue weighted by molar-refractivity contribution is -0.140. The van der Waals surface area contributed by atoms with E-state index in [-0.39, 0.29) is 41.0 Å². The second kappa shape index (κ2) is 7.60. The van der Waals surface area contributed by atoms with Gasteiger partial charge in [0.15, 0.2) is 0 Å². The van der Waals surface area contributed by atoms with Crippen LogP contribution in [-0.2, 0) is 17.3 Å². The summed E-state index contributed by atoms with van der Waals surface area (Å²) in [5.74, 6) is -2.83. The van der Waals surface area contributed by atoms with Crippen LogP contribution >= 0.6 is 0 Å². The Morgan fingerprint density at radius 3 is 2.67 bits per heavy atom. The van der Waals surface area contributed by atoms with Crippen molar-refractivity contribution in [3.05, 3.63) is 70.7 Å². The summed E-state index contributed by atoms with van der Waals surface area (Å²) in [5.41, 5.74) is 5.83. The number of fused-ring (bicyclic) bond motifs is 6. The van der Waals surface area contributed by atoms with Crippen LogP contribution < -0.4 is 5.73 Å². The van der Waals surface area contributed by atoms with Gasteiger partial charge in [0.25, 0.3) is 5.91 Å². The highest BCUT2D eigenvalue weighted by Crippen LogP contribution is 2.45. The summed E-state index contributed by atoms with van der Waals surface area (Å²) in [4.78, 5) is 23.3. The maximum atomic E-state index is 15.2. The number of alkyl halides is 3. The molecule has 0 saturated carbocycles. The van der Waals surface area contributed by atoms with Crippen molar-refractivity contribution in [2.75, 3.05) is 12.3 Å². The maximum absolute atomic E-state index is 15.2. The third kappa shape index (κ3) is 3.31. The largest absolute Gasteiger partial charge is 0.419 e. The highest BCUT2D eigenvalue weighted by atomic mass is 19.4. The monoisotopic (exact) mass is 503 g/mol. The van der Waals surface area contributed by atoms with Crippen LogP contribution in [0.25, 0.3) is 16.6 Å². The van der Waals surface area contributed by atoms with E-state index in [1.165, 1.54) is 23.5 Å². The summed E-state index contributed by atoms with van der Waals surface area (Å²) in [7, 11) is 0. The van der Waals surface area contributed by atoms with Crippen LogP contribution in [0.15, 0.2) is 36.8 Å². The second-order valence-corrected chi connectivity index (χ2v) is 9.09. The molecule has 0 bridgehead atoms. The molecule has 6 rings (SSSR count). The Kier molecular flexibility index (Phi) is 4.78. The molecule has 7 nitrogen and oxygen atoms in total. The van der Waals surface area contributed by atoms with Crippen molar-refractivity contribution in [1.82, 2.24) is 19.3 Å². The Labute approximate surface area is 200 Å². The van der Waals surface area contributed by atoms with Crippen molar-refractivity contribution in [2.24, 2.45) is 0 Å². The van der Waals surface area contributed by atoms with Crippen molar-refractivity contribution in [3.8, 4) is 0 Å². The average Bonchev–Trinajstić information content (AvgIpc) is 3.42. The van der Waals surface area contributed by atoms with Crippen LogP contribution in [0.4, 0.5) is 27.8 Å². The molecule has 0 unspecified atom stereocenters. The third-order valence-corrected chi connectivity index (χ3v) is 6.78. The van der Waals surface area contributed by atoms with Gasteiger partial charge in [0.1, 0.15) is 23.0 Å². The highest BCUT2D eigenvalue weighted by Gasteiger charge is 2.46. The summed E-state index contributed by atoms with van der Waals surface area (Å²) in [6, 6.07) is 3.14. The molecule has 0 radical (unpaired) electrons. The zero-order chi connectivity index (χ0) is 25.5. The molecule has 2 N–H and O–H groups in total. The Morgan fingerprint density at radius 2 is 1.92 bits per heavy atom. The Bertz CT molecular complexity index is 1570. The Hall–Kier alpha value is -3.80. The fourth-order valence-corrected chi connectivity index (χ4v) is 5.28. The van der Waals surface area contributed by atoms with Crippen molar-refractivity contribution < 1.29 is 31.5 Å². The van der Waals surface area contributed by atoms with E-state index < -0.39 is 47.5 Å². The summed E-state index contributed by atoms with van der Waals surface area (Å²) in [6.07, 6.45) is -3.01. The van der Waals surface area contributed by atoms with Crippen molar-refractivity contribution in [1.29, 1.82) is 0 Å². The number of rotatable bonds is 1. The van der Waals surface area contributed by atoms with Crippen LogP contribution in [-0.4, -0.2) is 43.9 Å². The first kappa shape index (κ1) is 22.7. The quantitative estimate of drug-likeness (QED) is 0.392. The van der Waals surface area contributed by atoms with E-state index in [4.69, 9.17) is 10.5 Å². The first-order valence-corrected chi connectivity index (χ1v) is 11.1. The number of nitrogen functional groups attached to an aromatic ring is 1. The molecule has 1 saturated heterocycles. The summed E-state index contributed by atoms with van der Waals surface area (Å²) >= 11 is 0. The summed E-state index contributed by atoms with van der Waals surface area (Å²) in [5, 5.41) is 0. The van der Waals surface area contributed by atoms with Crippen LogP contribution in [0.2, 0.25) is 0 Å². The summed E-state index contributed by atoms with van der Waals surface area (Å²) < 4.78 is 76.9. The molecule has 36 heavy (non-hydrogen) atoms. The molecule has 186 valence electrons. The van der Waals surface area contributed by atoms with Gasteiger partial charge in [-0.05, 0) is 36.2 Å². The fourth-order valence-electron chi connectivity index (χ4n) is 5.28. The molecule has 1 fully saturated rings. The number of nitrogens with two attached hydrogens (primary N) is 1. The predicted octanol–water partition coefficient (Wildman–Crippen LogP) is 4.29. The molecule has 2 aromatic carbocycles. The number of nitrogens with zero attached hydrogens (tertiary/aromatic N) is 4. The minimum atomic E-state index is -4.86. The van der Waals surface area contributed by atoms with Crippen LogP contribution in [0.3, 0.4) is 0 Å². The average molecular weight is 503 g/mol. The first-order valence-electron chi connectivity index (χ1n) is 11.1. The molecule has 0 spiro atoms. The molecule has 1 aliphatic carbocycles. The van der Waals surface area contributed by atoms with Crippen molar-refractivity contribution >= 4 is 28.3 Å². The normalized spacial score (nSPS) is 21.7. The third-order valence-electron chi connectivity index (χ3n) is 6.78. The number of aromatic nitrogens is 3. The van der Waals surface area contributed by atoms with Crippen LogP contribution in [0, 0.1) is 11.6 Å². The van der Waals surface area contributed by atoms with Gasteiger partial charge in [-0.25, -0.2) is 18.7 Å². The molecular weight excluding hydrogens is 485 g/mol. The molecule has 2 aromatic heterocycles. The van der Waals surface area contributed by atoms with E-state index >= 15 is 4.39 Å². The zero-order valence-corrected chi connectivity index (χ0v) is 18.7. The van der Waals surface area contributed by atoms with E-state index in [2.05, 4.69) is 9.97 Å². The van der Waals surface area contributed by atoms with Crippen molar-refractivity contribution in [3.63, 3.8) is 0 Å². The molecule has 12 heteroatoms. The number of ether oxygens (including phenoxy) is 1. The second-order valence-electron chi connectivity index (χ2n) is 9.09. The molecule has 3 heterocycles. The number of hydrogen-bond acceptors (Lipinski definition) is 5. The van der Waals surface area contributed by atoms with Crippen molar-refractivity contribution in [2.45, 2.75) is 37.8 Å². The van der Waals surface area contributed by atoms with Gasteiger partial charge in [-0.3, -0.25) is 9.20 Å². The standard InChI is InChI=1S/C24H18F5N5O2/c1-10-8-33(21-12-4-16(26)14(24(27,28)29)2-11(12)3-20(21)36-10)23(35)13-5-18-17(6-15(13)25)32-22(30)19-7-31-9-34(18)19/h2,4-7,9-10,20-21H,3,8H2,1H3,(H2,30,32)/t10-,20-,21+/m1/s1. The van der Waals surface area contributed by atoms with Gasteiger partial charge in [-0.2, -0.15) is 13.2 Å². The molecular formula is C24H18F5N5O2. The lowest BCUT2D eigenvalue weighted by Crippen LogP contribution is -2.50. The van der Waals surface area contributed by atoms with E-state index in [0.29, 0.717) is 11.0 Å². The SMILES string of the molecule is C[C@@H]1CN(C(=O)c2cc3c(cc2F)nc(N)c2cncn23)[C@H]2c3cc(F)c(C(F)(F)F)cc3C[C@H]2O1. The van der Waals surface area contributed by atoms with Gasteiger partial charge >= 0.3 is 6.18 Å². The van der Waals surface area contributed by atoms with Gasteiger partial charge in [-0.1, -0.05) is 0 Å². The first-order chi connectivity index (χ1) is 17.0. The Morgan fingerprint density at radius 1 is 1.14 bits per heavy atom. The molecule has 1 amide bonds. The smallest absolute Gasteiger partial charge is 0.382 e. The van der Waals surface area contributed by atoms with Gasteiger partial charge in [-0.15, -0.1) is 0 Å².